The summed E-state index contributed by atoms with van der Waals surface area (Å²) < 4.78 is 5.52. The van der Waals surface area contributed by atoms with Crippen LogP contribution in [0.15, 0.2) is 30.3 Å². The molecule has 2 rings (SSSR count). The average molecular weight is 304 g/mol. The monoisotopic (exact) mass is 304 g/mol. The topological polar surface area (TPSA) is 67.4 Å². The second-order valence-corrected chi connectivity index (χ2v) is 5.61. The molecule has 0 aromatic heterocycles. The van der Waals surface area contributed by atoms with Crippen LogP contribution in [0.2, 0.25) is 0 Å². The number of amides is 2. The fourth-order valence-corrected chi connectivity index (χ4v) is 2.82. The number of rotatable bonds is 7. The van der Waals surface area contributed by atoms with E-state index in [1.54, 1.807) is 0 Å². The summed E-state index contributed by atoms with van der Waals surface area (Å²) in [6.45, 7) is 2.77. The Morgan fingerprint density at radius 3 is 2.50 bits per heavy atom. The number of para-hydroxylation sites is 1. The van der Waals surface area contributed by atoms with E-state index in [0.717, 1.165) is 18.6 Å². The highest BCUT2D eigenvalue weighted by atomic mass is 16.5. The molecule has 120 valence electrons. The molecule has 1 fully saturated rings. The summed E-state index contributed by atoms with van der Waals surface area (Å²) in [7, 11) is 0. The fourth-order valence-electron chi connectivity index (χ4n) is 2.82. The molecule has 22 heavy (non-hydrogen) atoms. The van der Waals surface area contributed by atoms with E-state index in [4.69, 9.17) is 4.74 Å². The standard InChI is InChI=1S/C17H24N2O3/c1-2-18-16(21)17(11-6-7-12-17)19-15(20)10-13-22-14-8-4-3-5-9-14/h3-5,8-9H,2,6-7,10-13H2,1H3,(H,18,21)(H,19,20). The Morgan fingerprint density at radius 1 is 1.18 bits per heavy atom. The maximum Gasteiger partial charge on any atom is 0.245 e. The summed E-state index contributed by atoms with van der Waals surface area (Å²) in [5.74, 6) is 0.545. The summed E-state index contributed by atoms with van der Waals surface area (Å²) in [5, 5.41) is 5.76. The summed E-state index contributed by atoms with van der Waals surface area (Å²) >= 11 is 0. The molecule has 0 unspecified atom stereocenters. The third kappa shape index (κ3) is 4.23. The van der Waals surface area contributed by atoms with Crippen LogP contribution in [0.4, 0.5) is 0 Å². The highest BCUT2D eigenvalue weighted by Crippen LogP contribution is 2.30. The molecule has 0 saturated heterocycles. The van der Waals surface area contributed by atoms with Gasteiger partial charge >= 0.3 is 0 Å². The average Bonchev–Trinajstić information content (AvgIpc) is 2.98. The molecule has 0 aliphatic heterocycles. The van der Waals surface area contributed by atoms with Crippen LogP contribution >= 0.6 is 0 Å². The Hall–Kier alpha value is -2.04. The molecule has 2 amide bonds. The van der Waals surface area contributed by atoms with Crippen molar-refractivity contribution in [2.75, 3.05) is 13.2 Å². The van der Waals surface area contributed by atoms with E-state index in [9.17, 15) is 9.59 Å². The van der Waals surface area contributed by atoms with Gasteiger partial charge in [-0.3, -0.25) is 9.59 Å². The van der Waals surface area contributed by atoms with Crippen LogP contribution in [0.5, 0.6) is 5.75 Å². The number of ether oxygens (including phenoxy) is 1. The smallest absolute Gasteiger partial charge is 0.245 e. The second kappa shape index (κ2) is 7.82. The Balaban J connectivity index is 1.82. The molecule has 0 atom stereocenters. The SMILES string of the molecule is CCNC(=O)C1(NC(=O)CCOc2ccccc2)CCCC1. The number of hydrogen-bond donors (Lipinski definition) is 2. The quantitative estimate of drug-likeness (QED) is 0.810. The first-order valence-electron chi connectivity index (χ1n) is 7.93. The predicted octanol–water partition coefficient (Wildman–Crippen LogP) is 2.02. The molecule has 0 radical (unpaired) electrons. The van der Waals surface area contributed by atoms with Crippen LogP contribution in [0, 0.1) is 0 Å². The van der Waals surface area contributed by atoms with Crippen LogP contribution in [-0.2, 0) is 9.59 Å². The number of benzene rings is 1. The lowest BCUT2D eigenvalue weighted by Gasteiger charge is -2.28. The Morgan fingerprint density at radius 2 is 1.86 bits per heavy atom. The Labute approximate surface area is 131 Å². The van der Waals surface area contributed by atoms with Gasteiger partial charge in [-0.25, -0.2) is 0 Å². The van der Waals surface area contributed by atoms with Crippen molar-refractivity contribution >= 4 is 11.8 Å². The molecule has 1 aromatic carbocycles. The lowest BCUT2D eigenvalue weighted by molar-refractivity contribution is -0.133. The van der Waals surface area contributed by atoms with Crippen LogP contribution < -0.4 is 15.4 Å². The minimum absolute atomic E-state index is 0.0650. The third-order valence-corrected chi connectivity index (χ3v) is 3.95. The molecule has 5 heteroatoms. The van der Waals surface area contributed by atoms with Crippen LogP contribution in [-0.4, -0.2) is 30.5 Å². The van der Waals surface area contributed by atoms with Crippen LogP contribution in [0.1, 0.15) is 39.0 Å². The molecule has 1 saturated carbocycles. The van der Waals surface area contributed by atoms with Gasteiger partial charge in [0.25, 0.3) is 0 Å². The van der Waals surface area contributed by atoms with Gasteiger partial charge in [0.05, 0.1) is 13.0 Å². The van der Waals surface area contributed by atoms with Crippen molar-refractivity contribution in [3.8, 4) is 5.75 Å². The van der Waals surface area contributed by atoms with E-state index in [2.05, 4.69) is 10.6 Å². The molecule has 1 aliphatic carbocycles. The summed E-state index contributed by atoms with van der Waals surface area (Å²) in [6.07, 6.45) is 3.61. The number of likely N-dealkylation sites (N-methyl/N-ethyl adjacent to an activating group) is 1. The molecule has 0 heterocycles. The van der Waals surface area contributed by atoms with Crippen molar-refractivity contribution in [2.24, 2.45) is 0 Å². The Kier molecular flexibility index (Phi) is 5.81. The summed E-state index contributed by atoms with van der Waals surface area (Å²) in [6, 6.07) is 9.39. The third-order valence-electron chi connectivity index (χ3n) is 3.95. The van der Waals surface area contributed by atoms with E-state index in [1.807, 2.05) is 37.3 Å². The van der Waals surface area contributed by atoms with Crippen molar-refractivity contribution in [1.29, 1.82) is 0 Å². The molecule has 2 N–H and O–H groups in total. The zero-order valence-corrected chi connectivity index (χ0v) is 13.1. The molecule has 0 spiro atoms. The van der Waals surface area contributed by atoms with E-state index < -0.39 is 5.54 Å². The number of carbonyl (C=O) groups is 2. The Bertz CT molecular complexity index is 496. The first-order chi connectivity index (χ1) is 10.7. The molecule has 1 aromatic rings. The van der Waals surface area contributed by atoms with Gasteiger partial charge in [0.15, 0.2) is 0 Å². The first kappa shape index (κ1) is 16.3. The van der Waals surface area contributed by atoms with Crippen LogP contribution in [0.3, 0.4) is 0 Å². The zero-order chi connectivity index (χ0) is 15.8. The normalized spacial score (nSPS) is 16.0. The van der Waals surface area contributed by atoms with Gasteiger partial charge in [-0.1, -0.05) is 31.0 Å². The van der Waals surface area contributed by atoms with Gasteiger partial charge in [-0.05, 0) is 31.9 Å². The molecule has 1 aliphatic rings. The first-order valence-corrected chi connectivity index (χ1v) is 7.93. The number of carbonyl (C=O) groups excluding carboxylic acids is 2. The molecular formula is C17H24N2O3. The lowest BCUT2D eigenvalue weighted by Crippen LogP contribution is -2.57. The van der Waals surface area contributed by atoms with Crippen molar-refractivity contribution < 1.29 is 14.3 Å². The molecule has 0 bridgehead atoms. The minimum Gasteiger partial charge on any atom is -0.493 e. The van der Waals surface area contributed by atoms with Crippen molar-refractivity contribution in [1.82, 2.24) is 10.6 Å². The number of hydrogen-bond acceptors (Lipinski definition) is 3. The largest absolute Gasteiger partial charge is 0.493 e. The van der Waals surface area contributed by atoms with Gasteiger partial charge in [0, 0.05) is 6.54 Å². The highest BCUT2D eigenvalue weighted by molar-refractivity contribution is 5.91. The maximum absolute atomic E-state index is 12.2. The summed E-state index contributed by atoms with van der Waals surface area (Å²) in [4.78, 5) is 24.4. The van der Waals surface area contributed by atoms with Gasteiger partial charge < -0.3 is 15.4 Å². The predicted molar refractivity (Wildman–Crippen MR) is 84.6 cm³/mol. The maximum atomic E-state index is 12.2. The number of nitrogens with one attached hydrogen (secondary N) is 2. The van der Waals surface area contributed by atoms with Crippen LogP contribution in [0.25, 0.3) is 0 Å². The van der Waals surface area contributed by atoms with E-state index in [1.165, 1.54) is 0 Å². The minimum atomic E-state index is -0.722. The summed E-state index contributed by atoms with van der Waals surface area (Å²) in [5.41, 5.74) is -0.722. The van der Waals surface area contributed by atoms with Gasteiger partial charge in [-0.15, -0.1) is 0 Å². The van der Waals surface area contributed by atoms with Crippen molar-refractivity contribution in [3.05, 3.63) is 30.3 Å². The van der Waals surface area contributed by atoms with Gasteiger partial charge in [0.1, 0.15) is 11.3 Å². The fraction of sp³-hybridized carbons (Fsp3) is 0.529. The van der Waals surface area contributed by atoms with Gasteiger partial charge in [0.2, 0.25) is 11.8 Å². The second-order valence-electron chi connectivity index (χ2n) is 5.61. The molecular weight excluding hydrogens is 280 g/mol. The molecule has 5 nitrogen and oxygen atoms in total. The van der Waals surface area contributed by atoms with Crippen molar-refractivity contribution in [3.63, 3.8) is 0 Å². The van der Waals surface area contributed by atoms with E-state index >= 15 is 0 Å². The lowest BCUT2D eigenvalue weighted by atomic mass is 9.96. The van der Waals surface area contributed by atoms with E-state index in [0.29, 0.717) is 26.0 Å². The highest BCUT2D eigenvalue weighted by Gasteiger charge is 2.41. The van der Waals surface area contributed by atoms with Gasteiger partial charge in [-0.2, -0.15) is 0 Å². The van der Waals surface area contributed by atoms with Crippen molar-refractivity contribution in [2.45, 2.75) is 44.6 Å². The zero-order valence-electron chi connectivity index (χ0n) is 13.1. The van der Waals surface area contributed by atoms with E-state index in [-0.39, 0.29) is 18.2 Å².